The summed E-state index contributed by atoms with van der Waals surface area (Å²) >= 11 is 6.63. The van der Waals surface area contributed by atoms with Crippen LogP contribution in [-0.2, 0) is 30.3 Å². The predicted octanol–water partition coefficient (Wildman–Crippen LogP) is 4.53. The molecule has 264 valence electrons. The lowest BCUT2D eigenvalue weighted by Gasteiger charge is -2.35. The van der Waals surface area contributed by atoms with Gasteiger partial charge in [-0.2, -0.15) is 0 Å². The number of hydrogen-bond donors (Lipinski definition) is 2. The number of halogens is 1. The van der Waals surface area contributed by atoms with Gasteiger partial charge in [0.2, 0.25) is 5.91 Å². The number of carboxylic acid groups (broad SMARTS) is 1. The zero-order valence-corrected chi connectivity index (χ0v) is 28.5. The monoisotopic (exact) mass is 704 g/mol. The molecule has 50 heavy (non-hydrogen) atoms. The average Bonchev–Trinajstić information content (AvgIpc) is 3.55. The van der Waals surface area contributed by atoms with Crippen molar-refractivity contribution < 1.29 is 38.5 Å². The maximum Gasteiger partial charge on any atom is 0.305 e. The van der Waals surface area contributed by atoms with Gasteiger partial charge in [-0.15, -0.1) is 0 Å². The first kappa shape index (κ1) is 36.5. The lowest BCUT2D eigenvalue weighted by Crippen LogP contribution is -2.50. The number of hydrogen-bond acceptors (Lipinski definition) is 9. The maximum atomic E-state index is 13.2. The van der Waals surface area contributed by atoms with E-state index in [1.807, 2.05) is 24.3 Å². The van der Waals surface area contributed by atoms with E-state index in [9.17, 15) is 19.2 Å². The molecule has 0 bridgehead atoms. The molecule has 5 rings (SSSR count). The molecule has 1 unspecified atom stereocenters. The number of piperazine rings is 1. The summed E-state index contributed by atoms with van der Waals surface area (Å²) in [5, 5.41) is 9.10. The molecule has 12 nitrogen and oxygen atoms in total. The summed E-state index contributed by atoms with van der Waals surface area (Å²) in [7, 11) is 0. The topological polar surface area (TPSA) is 162 Å². The van der Waals surface area contributed by atoms with Gasteiger partial charge in [-0.25, -0.2) is 4.98 Å². The van der Waals surface area contributed by atoms with Crippen LogP contribution in [0.2, 0.25) is 5.02 Å². The van der Waals surface area contributed by atoms with Gasteiger partial charge in [0, 0.05) is 50.8 Å². The summed E-state index contributed by atoms with van der Waals surface area (Å²) in [6.45, 7) is 2.71. The minimum absolute atomic E-state index is 0.00416. The molecule has 1 atom stereocenters. The number of allylic oxidation sites excluding steroid dienone is 1. The third-order valence-electron chi connectivity index (χ3n) is 8.51. The normalized spacial score (nSPS) is 15.6. The Kier molecular flexibility index (Phi) is 13.0. The molecule has 2 aliphatic rings. The number of amides is 2. The highest BCUT2D eigenvalue weighted by Crippen LogP contribution is 2.40. The number of carbonyl (C=O) groups is 4. The van der Waals surface area contributed by atoms with Crippen LogP contribution >= 0.6 is 11.6 Å². The molecular formula is C37H41ClN4O8. The number of nitrogens with zero attached hydrogens (tertiary/aromatic N) is 3. The molecular weight excluding hydrogens is 664 g/mol. The van der Waals surface area contributed by atoms with Crippen LogP contribution < -0.4 is 10.5 Å². The summed E-state index contributed by atoms with van der Waals surface area (Å²) in [4.78, 5) is 56.3. The third-order valence-corrected chi connectivity index (χ3v) is 8.79. The van der Waals surface area contributed by atoms with Crippen molar-refractivity contribution in [3.8, 4) is 16.9 Å². The predicted molar refractivity (Wildman–Crippen MR) is 188 cm³/mol. The molecule has 0 radical (unpaired) electrons. The highest BCUT2D eigenvalue weighted by Gasteiger charge is 2.27. The van der Waals surface area contributed by atoms with Crippen molar-refractivity contribution in [3.05, 3.63) is 82.5 Å². The first-order chi connectivity index (χ1) is 24.2. The van der Waals surface area contributed by atoms with Crippen molar-refractivity contribution in [1.29, 1.82) is 0 Å². The SMILES string of the molecule is Nc1ccc(/C=C/C(=O)CCC2Cc3cc(-c4ccc(C(=O)N5CCN(C(=O)CCOCCOCCC(=O)O)CC5)cc4)cc(Cl)c3O2)cn1. The Labute approximate surface area is 295 Å². The van der Waals surface area contributed by atoms with Gasteiger partial charge in [-0.3, -0.25) is 19.2 Å². The van der Waals surface area contributed by atoms with E-state index >= 15 is 0 Å². The number of carbonyl (C=O) groups excluding carboxylic acids is 3. The Morgan fingerprint density at radius 1 is 0.900 bits per heavy atom. The van der Waals surface area contributed by atoms with Crippen molar-refractivity contribution in [1.82, 2.24) is 14.8 Å². The number of aliphatic carboxylic acids is 1. The number of nitrogen functional groups attached to an aromatic ring is 1. The molecule has 3 heterocycles. The van der Waals surface area contributed by atoms with Crippen molar-refractivity contribution >= 4 is 47.1 Å². The molecule has 0 spiro atoms. The number of carboxylic acids is 1. The van der Waals surface area contributed by atoms with Crippen LogP contribution in [-0.4, -0.2) is 102 Å². The number of fused-ring (bicyclic) bond motifs is 1. The Bertz CT molecular complexity index is 1690. The van der Waals surface area contributed by atoms with Crippen LogP contribution in [0.5, 0.6) is 5.75 Å². The molecule has 2 amide bonds. The second-order valence-corrected chi connectivity index (χ2v) is 12.5. The van der Waals surface area contributed by atoms with Crippen LogP contribution in [0, 0.1) is 0 Å². The molecule has 2 aliphatic heterocycles. The molecule has 3 aromatic rings. The van der Waals surface area contributed by atoms with Crippen LogP contribution in [0.3, 0.4) is 0 Å². The number of benzene rings is 2. The zero-order valence-electron chi connectivity index (χ0n) is 27.7. The van der Waals surface area contributed by atoms with Gasteiger partial charge < -0.3 is 34.9 Å². The molecule has 1 aromatic heterocycles. The molecule has 0 saturated carbocycles. The molecule has 3 N–H and O–H groups in total. The van der Waals surface area contributed by atoms with Gasteiger partial charge in [-0.05, 0) is 77.2 Å². The van der Waals surface area contributed by atoms with Gasteiger partial charge in [0.1, 0.15) is 17.7 Å². The summed E-state index contributed by atoms with van der Waals surface area (Å²) in [5.41, 5.74) is 9.78. The molecule has 1 fully saturated rings. The van der Waals surface area contributed by atoms with Gasteiger partial charge in [0.15, 0.2) is 5.78 Å². The van der Waals surface area contributed by atoms with E-state index in [0.29, 0.717) is 67.6 Å². The number of aromatic nitrogens is 1. The van der Waals surface area contributed by atoms with Crippen LogP contribution in [0.1, 0.15) is 47.2 Å². The Morgan fingerprint density at radius 3 is 2.28 bits per heavy atom. The van der Waals surface area contributed by atoms with Crippen molar-refractivity contribution in [2.24, 2.45) is 0 Å². The Balaban J connectivity index is 1.05. The fraction of sp³-hybridized carbons (Fsp3) is 0.378. The van der Waals surface area contributed by atoms with Gasteiger partial charge in [-0.1, -0.05) is 23.7 Å². The van der Waals surface area contributed by atoms with Crippen LogP contribution in [0.25, 0.3) is 17.2 Å². The van der Waals surface area contributed by atoms with E-state index in [4.69, 9.17) is 36.7 Å². The first-order valence-corrected chi connectivity index (χ1v) is 17.0. The van der Waals surface area contributed by atoms with E-state index in [1.165, 1.54) is 0 Å². The van der Waals surface area contributed by atoms with Crippen molar-refractivity contribution in [2.45, 2.75) is 38.2 Å². The first-order valence-electron chi connectivity index (χ1n) is 16.6. The van der Waals surface area contributed by atoms with E-state index in [1.54, 1.807) is 52.4 Å². The second kappa shape index (κ2) is 17.7. The number of ketones is 1. The zero-order chi connectivity index (χ0) is 35.5. The van der Waals surface area contributed by atoms with Crippen molar-refractivity contribution in [2.75, 3.05) is 58.3 Å². The van der Waals surface area contributed by atoms with E-state index < -0.39 is 5.97 Å². The van der Waals surface area contributed by atoms with E-state index in [-0.39, 0.29) is 63.0 Å². The van der Waals surface area contributed by atoms with E-state index in [2.05, 4.69) is 4.98 Å². The number of pyridine rings is 1. The number of nitrogens with two attached hydrogens (primary N) is 1. The second-order valence-electron chi connectivity index (χ2n) is 12.1. The van der Waals surface area contributed by atoms with Gasteiger partial charge in [0.25, 0.3) is 5.91 Å². The quantitative estimate of drug-likeness (QED) is 0.160. The minimum atomic E-state index is -0.915. The molecule has 13 heteroatoms. The Morgan fingerprint density at radius 2 is 1.60 bits per heavy atom. The number of ether oxygens (including phenoxy) is 3. The summed E-state index contributed by atoms with van der Waals surface area (Å²) in [6.07, 6.45) is 6.45. The molecule has 1 saturated heterocycles. The van der Waals surface area contributed by atoms with Crippen LogP contribution in [0.4, 0.5) is 5.82 Å². The molecule has 2 aromatic carbocycles. The maximum absolute atomic E-state index is 13.2. The minimum Gasteiger partial charge on any atom is -0.488 e. The highest BCUT2D eigenvalue weighted by atomic mass is 35.5. The average molecular weight is 705 g/mol. The highest BCUT2D eigenvalue weighted by molar-refractivity contribution is 6.32. The summed E-state index contributed by atoms with van der Waals surface area (Å²) < 4.78 is 16.7. The molecule has 0 aliphatic carbocycles. The van der Waals surface area contributed by atoms with Crippen molar-refractivity contribution in [3.63, 3.8) is 0 Å². The number of rotatable bonds is 16. The van der Waals surface area contributed by atoms with Gasteiger partial charge in [0.05, 0.1) is 44.3 Å². The standard InChI is InChI=1S/C37H41ClN4O8/c38-32-23-28(21-29-22-31(50-36(29)32)9-8-30(43)7-1-25-2-10-33(39)40-24-25)26-3-5-27(6-4-26)37(47)42-15-13-41(14-16-42)34(44)11-17-48-19-20-49-18-12-35(45)46/h1-7,10,21,23-24,31H,8-9,11-20,22H2,(H2,39,40)(H,45,46)/b7-1+. The Hall–Kier alpha value is -4.78. The van der Waals surface area contributed by atoms with Gasteiger partial charge >= 0.3 is 5.97 Å². The lowest BCUT2D eigenvalue weighted by molar-refractivity contribution is -0.138. The summed E-state index contributed by atoms with van der Waals surface area (Å²) in [6, 6.07) is 14.8. The van der Waals surface area contributed by atoms with E-state index in [0.717, 1.165) is 22.3 Å². The fourth-order valence-corrected chi connectivity index (χ4v) is 6.04. The smallest absolute Gasteiger partial charge is 0.305 e. The largest absolute Gasteiger partial charge is 0.488 e. The number of anilines is 1. The summed E-state index contributed by atoms with van der Waals surface area (Å²) in [5.74, 6) is 0.0278. The fourth-order valence-electron chi connectivity index (χ4n) is 5.75. The van der Waals surface area contributed by atoms with Crippen LogP contribution in [0.15, 0.2) is 60.8 Å². The lowest BCUT2D eigenvalue weighted by atomic mass is 9.98. The third kappa shape index (κ3) is 10.4.